The summed E-state index contributed by atoms with van der Waals surface area (Å²) in [4.78, 5) is 0. The van der Waals surface area contributed by atoms with Crippen molar-refractivity contribution >= 4 is 17.6 Å². The monoisotopic (exact) mass is 171 g/mol. The Labute approximate surface area is 71.0 Å². The zero-order valence-electron chi connectivity index (χ0n) is 7.03. The van der Waals surface area contributed by atoms with Crippen LogP contribution in [0.1, 0.15) is 19.9 Å². The number of aromatic nitrogens is 2. The minimum Gasteiger partial charge on any atom is -0.384 e. The molecule has 0 aliphatic carbocycles. The lowest BCUT2D eigenvalue weighted by Gasteiger charge is -2.06. The van der Waals surface area contributed by atoms with Crippen LogP contribution in [-0.4, -0.2) is 16.0 Å². The first kappa shape index (κ1) is 8.46. The van der Waals surface area contributed by atoms with Crippen molar-refractivity contribution in [2.45, 2.75) is 24.9 Å². The average Bonchev–Trinajstić information content (AvgIpc) is 2.30. The Hall–Kier alpha value is -0.640. The van der Waals surface area contributed by atoms with Gasteiger partial charge >= 0.3 is 0 Å². The van der Waals surface area contributed by atoms with Gasteiger partial charge in [-0.15, -0.1) is 11.8 Å². The van der Waals surface area contributed by atoms with E-state index in [1.54, 1.807) is 11.8 Å². The van der Waals surface area contributed by atoms with E-state index in [2.05, 4.69) is 18.9 Å². The summed E-state index contributed by atoms with van der Waals surface area (Å²) in [6, 6.07) is 2.24. The van der Waals surface area contributed by atoms with E-state index in [9.17, 15) is 0 Å². The van der Waals surface area contributed by atoms with E-state index in [-0.39, 0.29) is 0 Å². The van der Waals surface area contributed by atoms with Gasteiger partial charge in [0.2, 0.25) is 0 Å². The maximum Gasteiger partial charge on any atom is 0.123 e. The summed E-state index contributed by atoms with van der Waals surface area (Å²) in [6.07, 6.45) is 1.99. The third-order valence-electron chi connectivity index (χ3n) is 1.44. The molecule has 0 saturated carbocycles. The van der Waals surface area contributed by atoms with Crippen molar-refractivity contribution in [3.63, 3.8) is 0 Å². The van der Waals surface area contributed by atoms with Crippen LogP contribution >= 0.6 is 11.8 Å². The van der Waals surface area contributed by atoms with Gasteiger partial charge in [0.25, 0.3) is 0 Å². The zero-order valence-corrected chi connectivity index (χ0v) is 7.85. The van der Waals surface area contributed by atoms with Gasteiger partial charge < -0.3 is 5.73 Å². The van der Waals surface area contributed by atoms with Crippen LogP contribution in [-0.2, 0) is 0 Å². The first-order valence-corrected chi connectivity index (χ1v) is 4.76. The third-order valence-corrected chi connectivity index (χ3v) is 2.06. The Balaban J connectivity index is 2.97. The molecule has 0 saturated heterocycles. The number of nitrogens with two attached hydrogens (primary N) is 1. The molecule has 2 N–H and O–H groups in total. The molecule has 0 radical (unpaired) electrons. The molecule has 1 aromatic heterocycles. The van der Waals surface area contributed by atoms with Gasteiger partial charge in [-0.05, 0) is 20.1 Å². The molecule has 3 nitrogen and oxygen atoms in total. The van der Waals surface area contributed by atoms with Gasteiger partial charge in [-0.25, -0.2) is 4.68 Å². The lowest BCUT2D eigenvalue weighted by molar-refractivity contribution is 0.530. The Bertz CT molecular complexity index is 242. The molecule has 0 bridgehead atoms. The number of nitrogens with zero attached hydrogens (tertiary/aromatic N) is 2. The highest BCUT2D eigenvalue weighted by Gasteiger charge is 2.05. The highest BCUT2D eigenvalue weighted by molar-refractivity contribution is 7.98. The van der Waals surface area contributed by atoms with Crippen molar-refractivity contribution in [1.82, 2.24) is 9.78 Å². The molecule has 11 heavy (non-hydrogen) atoms. The molecule has 1 rings (SSSR count). The molecule has 4 heteroatoms. The first-order chi connectivity index (χ1) is 5.15. The third kappa shape index (κ3) is 1.68. The lowest BCUT2D eigenvalue weighted by Crippen LogP contribution is -2.06. The van der Waals surface area contributed by atoms with Crippen LogP contribution in [0.2, 0.25) is 0 Å². The molecule has 1 aromatic rings. The summed E-state index contributed by atoms with van der Waals surface area (Å²) in [5, 5.41) is 5.26. The van der Waals surface area contributed by atoms with Gasteiger partial charge in [0.15, 0.2) is 0 Å². The van der Waals surface area contributed by atoms with E-state index in [0.29, 0.717) is 6.04 Å². The Morgan fingerprint density at radius 3 is 2.55 bits per heavy atom. The summed E-state index contributed by atoms with van der Waals surface area (Å²) in [5.74, 6) is 0.740. The molecule has 0 spiro atoms. The zero-order chi connectivity index (χ0) is 8.43. The molecule has 0 aliphatic heterocycles. The molecular formula is C7H13N3S. The highest BCUT2D eigenvalue weighted by Crippen LogP contribution is 2.18. The van der Waals surface area contributed by atoms with Crippen LogP contribution in [0.4, 0.5) is 5.82 Å². The molecule has 0 aromatic carbocycles. The average molecular weight is 171 g/mol. The maximum atomic E-state index is 5.70. The van der Waals surface area contributed by atoms with Crippen molar-refractivity contribution in [3.05, 3.63) is 6.07 Å². The van der Waals surface area contributed by atoms with Crippen molar-refractivity contribution in [1.29, 1.82) is 0 Å². The maximum absolute atomic E-state index is 5.70. The standard InChI is InChI=1S/C7H13N3S/c1-5(2)10-6(8)4-7(9-10)11-3/h4-5H,8H2,1-3H3. The van der Waals surface area contributed by atoms with Gasteiger partial charge in [0.1, 0.15) is 10.8 Å². The number of anilines is 1. The van der Waals surface area contributed by atoms with Crippen LogP contribution in [0.5, 0.6) is 0 Å². The van der Waals surface area contributed by atoms with Crippen molar-refractivity contribution < 1.29 is 0 Å². The van der Waals surface area contributed by atoms with E-state index >= 15 is 0 Å². The second-order valence-electron chi connectivity index (χ2n) is 2.65. The van der Waals surface area contributed by atoms with E-state index in [1.807, 2.05) is 17.0 Å². The number of nitrogen functional groups attached to an aromatic ring is 1. The van der Waals surface area contributed by atoms with E-state index in [0.717, 1.165) is 10.8 Å². The topological polar surface area (TPSA) is 43.8 Å². The van der Waals surface area contributed by atoms with E-state index in [4.69, 9.17) is 5.73 Å². The normalized spacial score (nSPS) is 10.9. The fourth-order valence-electron chi connectivity index (χ4n) is 0.899. The molecule has 62 valence electrons. The summed E-state index contributed by atoms with van der Waals surface area (Å²) < 4.78 is 1.83. The van der Waals surface area contributed by atoms with Crippen LogP contribution in [0.3, 0.4) is 0 Å². The fourth-order valence-corrected chi connectivity index (χ4v) is 1.31. The molecule has 0 fully saturated rings. The summed E-state index contributed by atoms with van der Waals surface area (Å²) >= 11 is 1.61. The first-order valence-electron chi connectivity index (χ1n) is 3.54. The quantitative estimate of drug-likeness (QED) is 0.690. The number of hydrogen-bond donors (Lipinski definition) is 1. The Morgan fingerprint density at radius 2 is 2.27 bits per heavy atom. The van der Waals surface area contributed by atoms with Crippen molar-refractivity contribution in [3.8, 4) is 0 Å². The minimum absolute atomic E-state index is 0.343. The second kappa shape index (κ2) is 3.17. The number of hydrogen-bond acceptors (Lipinski definition) is 3. The Morgan fingerprint density at radius 1 is 1.64 bits per heavy atom. The van der Waals surface area contributed by atoms with E-state index < -0.39 is 0 Å². The number of rotatable bonds is 2. The predicted molar refractivity (Wildman–Crippen MR) is 48.8 cm³/mol. The molecule has 0 atom stereocenters. The molecule has 0 unspecified atom stereocenters. The molecular weight excluding hydrogens is 158 g/mol. The lowest BCUT2D eigenvalue weighted by atomic mass is 10.4. The molecule has 0 aliphatic rings. The number of thioether (sulfide) groups is 1. The fraction of sp³-hybridized carbons (Fsp3) is 0.571. The predicted octanol–water partition coefficient (Wildman–Crippen LogP) is 1.77. The van der Waals surface area contributed by atoms with Gasteiger partial charge in [0.05, 0.1) is 0 Å². The van der Waals surface area contributed by atoms with Crippen LogP contribution in [0.15, 0.2) is 11.1 Å². The molecule has 1 heterocycles. The smallest absolute Gasteiger partial charge is 0.123 e. The summed E-state index contributed by atoms with van der Waals surface area (Å²) in [7, 11) is 0. The Kier molecular flexibility index (Phi) is 2.44. The SMILES string of the molecule is CSc1cc(N)n(C(C)C)n1. The second-order valence-corrected chi connectivity index (χ2v) is 3.48. The van der Waals surface area contributed by atoms with Gasteiger partial charge in [-0.1, -0.05) is 0 Å². The van der Waals surface area contributed by atoms with Gasteiger partial charge in [-0.3, -0.25) is 0 Å². The van der Waals surface area contributed by atoms with Gasteiger partial charge in [-0.2, -0.15) is 5.10 Å². The molecule has 0 amide bonds. The largest absolute Gasteiger partial charge is 0.384 e. The van der Waals surface area contributed by atoms with Gasteiger partial charge in [0, 0.05) is 12.1 Å². The summed E-state index contributed by atoms with van der Waals surface area (Å²) in [6.45, 7) is 4.13. The van der Waals surface area contributed by atoms with E-state index in [1.165, 1.54) is 0 Å². The van der Waals surface area contributed by atoms with Crippen molar-refractivity contribution in [2.24, 2.45) is 0 Å². The van der Waals surface area contributed by atoms with Crippen LogP contribution in [0.25, 0.3) is 0 Å². The minimum atomic E-state index is 0.343. The van der Waals surface area contributed by atoms with Crippen LogP contribution in [0, 0.1) is 0 Å². The van der Waals surface area contributed by atoms with Crippen molar-refractivity contribution in [2.75, 3.05) is 12.0 Å². The summed E-state index contributed by atoms with van der Waals surface area (Å²) in [5.41, 5.74) is 5.70. The van der Waals surface area contributed by atoms with Crippen LogP contribution < -0.4 is 5.73 Å². The highest BCUT2D eigenvalue weighted by atomic mass is 32.2.